The second kappa shape index (κ2) is 4.38. The Morgan fingerprint density at radius 3 is 3.00 bits per heavy atom. The van der Waals surface area contributed by atoms with Crippen LogP contribution in [0.1, 0.15) is 31.0 Å². The second-order valence-corrected chi connectivity index (χ2v) is 5.04. The number of carbonyl (C=O) groups is 1. The summed E-state index contributed by atoms with van der Waals surface area (Å²) in [5.41, 5.74) is 2.51. The van der Waals surface area contributed by atoms with Gasteiger partial charge in [0.2, 0.25) is 0 Å². The Labute approximate surface area is 111 Å². The Morgan fingerprint density at radius 2 is 2.26 bits per heavy atom. The van der Waals surface area contributed by atoms with E-state index in [1.807, 2.05) is 25.1 Å². The molecule has 1 aliphatic rings. The molecule has 0 spiro atoms. The van der Waals surface area contributed by atoms with E-state index < -0.39 is 11.6 Å². The predicted molar refractivity (Wildman–Crippen MR) is 72.2 cm³/mol. The van der Waals surface area contributed by atoms with E-state index >= 15 is 0 Å². The molecule has 1 aromatic heterocycles. The number of carboxylic acid groups (broad SMARTS) is 1. The van der Waals surface area contributed by atoms with Gasteiger partial charge in [0.15, 0.2) is 0 Å². The van der Waals surface area contributed by atoms with Gasteiger partial charge < -0.3 is 14.8 Å². The Balaban J connectivity index is 2.20. The molecule has 0 amide bonds. The number of para-hydroxylation sites is 1. The Bertz CT molecular complexity index is 631. The van der Waals surface area contributed by atoms with Gasteiger partial charge >= 0.3 is 5.97 Å². The summed E-state index contributed by atoms with van der Waals surface area (Å²) < 4.78 is 5.87. The number of hydrogen-bond acceptors (Lipinski definition) is 2. The highest BCUT2D eigenvalue weighted by molar-refractivity contribution is 5.85. The molecule has 0 radical (unpaired) electrons. The largest absolute Gasteiger partial charge is 0.481 e. The first-order chi connectivity index (χ1) is 9.16. The van der Waals surface area contributed by atoms with Crippen LogP contribution in [0.3, 0.4) is 0 Å². The molecule has 0 saturated heterocycles. The molecule has 100 valence electrons. The summed E-state index contributed by atoms with van der Waals surface area (Å²) in [5, 5.41) is 10.4. The molecular weight excluding hydrogens is 242 g/mol. The van der Waals surface area contributed by atoms with Crippen molar-refractivity contribution in [3.05, 3.63) is 35.5 Å². The number of fused-ring (bicyclic) bond motifs is 3. The topological polar surface area (TPSA) is 62.3 Å². The van der Waals surface area contributed by atoms with Crippen molar-refractivity contribution in [1.29, 1.82) is 0 Å². The predicted octanol–water partition coefficient (Wildman–Crippen LogP) is 2.82. The van der Waals surface area contributed by atoms with Gasteiger partial charge in [-0.1, -0.05) is 25.1 Å². The lowest BCUT2D eigenvalue weighted by atomic mass is 9.86. The van der Waals surface area contributed by atoms with Gasteiger partial charge in [0.25, 0.3) is 0 Å². The average molecular weight is 259 g/mol. The lowest BCUT2D eigenvalue weighted by molar-refractivity contribution is -0.148. The van der Waals surface area contributed by atoms with E-state index in [0.29, 0.717) is 13.0 Å². The van der Waals surface area contributed by atoms with Crippen LogP contribution in [0.25, 0.3) is 10.9 Å². The third-order valence-electron chi connectivity index (χ3n) is 4.01. The van der Waals surface area contributed by atoms with Crippen molar-refractivity contribution in [2.75, 3.05) is 6.61 Å². The van der Waals surface area contributed by atoms with Gasteiger partial charge in [-0.05, 0) is 24.5 Å². The first-order valence-corrected chi connectivity index (χ1v) is 6.62. The van der Waals surface area contributed by atoms with Crippen LogP contribution in [-0.4, -0.2) is 22.7 Å². The highest BCUT2D eigenvalue weighted by Gasteiger charge is 2.40. The van der Waals surface area contributed by atoms with Crippen LogP contribution in [0.5, 0.6) is 0 Å². The molecule has 1 aliphatic heterocycles. The van der Waals surface area contributed by atoms with Crippen molar-refractivity contribution in [2.24, 2.45) is 0 Å². The average Bonchev–Trinajstić information content (AvgIpc) is 2.78. The molecule has 2 N–H and O–H groups in total. The van der Waals surface area contributed by atoms with Crippen molar-refractivity contribution in [3.8, 4) is 0 Å². The van der Waals surface area contributed by atoms with Crippen LogP contribution in [-0.2, 0) is 21.6 Å². The van der Waals surface area contributed by atoms with Gasteiger partial charge in [0.1, 0.15) is 5.60 Å². The number of nitrogens with one attached hydrogen (secondary N) is 1. The molecule has 4 nitrogen and oxygen atoms in total. The number of aliphatic carboxylic acids is 1. The second-order valence-electron chi connectivity index (χ2n) is 5.04. The van der Waals surface area contributed by atoms with Gasteiger partial charge in [-0.3, -0.25) is 4.79 Å². The number of aromatic amines is 1. The molecule has 3 rings (SSSR count). The highest BCUT2D eigenvalue weighted by Crippen LogP contribution is 2.41. The molecule has 0 bridgehead atoms. The molecule has 0 unspecified atom stereocenters. The van der Waals surface area contributed by atoms with E-state index in [1.165, 1.54) is 10.9 Å². The Morgan fingerprint density at radius 1 is 1.47 bits per heavy atom. The third-order valence-corrected chi connectivity index (χ3v) is 4.01. The quantitative estimate of drug-likeness (QED) is 0.891. The summed E-state index contributed by atoms with van der Waals surface area (Å²) in [7, 11) is 0. The van der Waals surface area contributed by atoms with Crippen LogP contribution in [0, 0.1) is 0 Å². The number of aromatic nitrogens is 1. The first-order valence-electron chi connectivity index (χ1n) is 6.62. The normalized spacial score (nSPS) is 22.4. The van der Waals surface area contributed by atoms with Gasteiger partial charge in [-0.25, -0.2) is 0 Å². The highest BCUT2D eigenvalue weighted by atomic mass is 16.5. The Hall–Kier alpha value is -1.81. The maximum Gasteiger partial charge on any atom is 0.306 e. The van der Waals surface area contributed by atoms with E-state index in [1.54, 1.807) is 0 Å². The number of ether oxygens (including phenoxy) is 1. The summed E-state index contributed by atoms with van der Waals surface area (Å²) in [5.74, 6) is -0.826. The van der Waals surface area contributed by atoms with Gasteiger partial charge in [0.05, 0.1) is 18.7 Å². The fourth-order valence-electron chi connectivity index (χ4n) is 3.06. The first kappa shape index (κ1) is 12.2. The van der Waals surface area contributed by atoms with Crippen LogP contribution in [0.15, 0.2) is 24.3 Å². The standard InChI is InChI=1S/C15H17NO3/c1-2-15(9-13(17)18)14-11(7-8-19-15)10-5-3-4-6-12(10)16-14/h3-6,16H,2,7-9H2,1H3,(H,17,18)/t15-/m0/s1. The zero-order chi connectivity index (χ0) is 13.5. The summed E-state index contributed by atoms with van der Waals surface area (Å²) >= 11 is 0. The molecule has 4 heteroatoms. The number of benzene rings is 1. The van der Waals surface area contributed by atoms with E-state index in [-0.39, 0.29) is 6.42 Å². The zero-order valence-corrected chi connectivity index (χ0v) is 10.9. The lowest BCUT2D eigenvalue weighted by Crippen LogP contribution is -2.37. The summed E-state index contributed by atoms with van der Waals surface area (Å²) in [6.07, 6.45) is 1.49. The zero-order valence-electron chi connectivity index (χ0n) is 10.9. The number of H-pyrrole nitrogens is 1. The molecule has 0 saturated carbocycles. The smallest absolute Gasteiger partial charge is 0.306 e. The number of rotatable bonds is 3. The number of carboxylic acids is 1. The molecular formula is C15H17NO3. The SMILES string of the molecule is CC[C@@]1(CC(=O)O)OCCc2c1[nH]c1ccccc21. The minimum absolute atomic E-state index is 0.00330. The van der Waals surface area contributed by atoms with E-state index in [0.717, 1.165) is 17.6 Å². The molecule has 0 aliphatic carbocycles. The van der Waals surface area contributed by atoms with Crippen molar-refractivity contribution in [2.45, 2.75) is 31.8 Å². The third kappa shape index (κ3) is 1.83. The van der Waals surface area contributed by atoms with E-state index in [4.69, 9.17) is 9.84 Å². The van der Waals surface area contributed by atoms with Crippen LogP contribution < -0.4 is 0 Å². The summed E-state index contributed by atoms with van der Waals surface area (Å²) in [4.78, 5) is 14.5. The maximum absolute atomic E-state index is 11.2. The summed E-state index contributed by atoms with van der Waals surface area (Å²) in [6, 6.07) is 8.10. The minimum atomic E-state index is -0.826. The molecule has 1 atom stereocenters. The maximum atomic E-state index is 11.2. The fraction of sp³-hybridized carbons (Fsp3) is 0.400. The van der Waals surface area contributed by atoms with Gasteiger partial charge in [0, 0.05) is 10.9 Å². The molecule has 1 aromatic carbocycles. The minimum Gasteiger partial charge on any atom is -0.481 e. The van der Waals surface area contributed by atoms with Crippen LogP contribution >= 0.6 is 0 Å². The van der Waals surface area contributed by atoms with Crippen molar-refractivity contribution >= 4 is 16.9 Å². The van der Waals surface area contributed by atoms with Crippen LogP contribution in [0.2, 0.25) is 0 Å². The molecule has 2 heterocycles. The van der Waals surface area contributed by atoms with Gasteiger partial charge in [-0.2, -0.15) is 0 Å². The van der Waals surface area contributed by atoms with Crippen molar-refractivity contribution in [1.82, 2.24) is 4.98 Å². The van der Waals surface area contributed by atoms with Crippen LogP contribution in [0.4, 0.5) is 0 Å². The molecule has 0 fully saturated rings. The van der Waals surface area contributed by atoms with Crippen molar-refractivity contribution < 1.29 is 14.6 Å². The molecule has 2 aromatic rings. The van der Waals surface area contributed by atoms with E-state index in [2.05, 4.69) is 11.1 Å². The fourth-order valence-corrected chi connectivity index (χ4v) is 3.06. The lowest BCUT2D eigenvalue weighted by Gasteiger charge is -2.35. The van der Waals surface area contributed by atoms with Gasteiger partial charge in [-0.15, -0.1) is 0 Å². The molecule has 19 heavy (non-hydrogen) atoms. The van der Waals surface area contributed by atoms with E-state index in [9.17, 15) is 4.79 Å². The monoisotopic (exact) mass is 259 g/mol. The number of hydrogen-bond donors (Lipinski definition) is 2. The summed E-state index contributed by atoms with van der Waals surface area (Å²) in [6.45, 7) is 2.56. The Kier molecular flexibility index (Phi) is 2.82. The van der Waals surface area contributed by atoms with Crippen molar-refractivity contribution in [3.63, 3.8) is 0 Å².